The van der Waals surface area contributed by atoms with Crippen LogP contribution in [0.15, 0.2) is 45.9 Å². The molecule has 1 N–H and O–H groups in total. The molecule has 4 aliphatic carbocycles. The van der Waals surface area contributed by atoms with Crippen molar-refractivity contribution in [2.45, 2.75) is 49.6 Å². The first-order valence-electron chi connectivity index (χ1n) is 10.1. The molecule has 2 aromatic heterocycles. The van der Waals surface area contributed by atoms with E-state index in [0.29, 0.717) is 22.8 Å². The molecule has 2 heterocycles. The zero-order valence-corrected chi connectivity index (χ0v) is 15.9. The number of carbonyl (C=O) groups excluding carboxylic acids is 1. The molecule has 4 atom stereocenters. The number of rotatable bonds is 3. The Morgan fingerprint density at radius 2 is 1.97 bits per heavy atom. The quantitative estimate of drug-likeness (QED) is 0.735. The third-order valence-electron chi connectivity index (χ3n) is 7.04. The van der Waals surface area contributed by atoms with Crippen molar-refractivity contribution in [3.63, 3.8) is 0 Å². The second kappa shape index (κ2) is 5.75. The molecule has 1 amide bonds. The molecule has 29 heavy (non-hydrogen) atoms. The number of aromatic nitrogens is 4. The third kappa shape index (κ3) is 2.54. The maximum Gasteiger partial charge on any atom is 0.287 e. The van der Waals surface area contributed by atoms with Crippen molar-refractivity contribution >= 4 is 16.9 Å². The number of benzene rings is 1. The van der Waals surface area contributed by atoms with E-state index >= 15 is 0 Å². The molecule has 0 radical (unpaired) electrons. The largest absolute Gasteiger partial charge is 0.451 e. The van der Waals surface area contributed by atoms with Crippen molar-refractivity contribution in [2.24, 2.45) is 11.8 Å². The lowest BCUT2D eigenvalue weighted by atomic mass is 9.50. The Bertz CT molecular complexity index is 1150. The maximum absolute atomic E-state index is 13.1. The van der Waals surface area contributed by atoms with Crippen LogP contribution in [0.3, 0.4) is 0 Å². The van der Waals surface area contributed by atoms with Gasteiger partial charge in [-0.25, -0.2) is 0 Å². The van der Waals surface area contributed by atoms with Gasteiger partial charge < -0.3 is 9.73 Å². The summed E-state index contributed by atoms with van der Waals surface area (Å²) in [5.74, 6) is 0.811. The Morgan fingerprint density at radius 1 is 1.17 bits per heavy atom. The van der Waals surface area contributed by atoms with E-state index in [2.05, 4.69) is 20.7 Å². The topological polar surface area (TPSA) is 103 Å². The van der Waals surface area contributed by atoms with Crippen molar-refractivity contribution in [2.75, 3.05) is 0 Å². The van der Waals surface area contributed by atoms with Gasteiger partial charge in [0.15, 0.2) is 17.5 Å². The van der Waals surface area contributed by atoms with Crippen molar-refractivity contribution in [1.82, 2.24) is 25.5 Å². The maximum atomic E-state index is 13.1. The molecule has 4 aliphatic rings. The van der Waals surface area contributed by atoms with Crippen LogP contribution in [0, 0.1) is 11.8 Å². The Labute approximate surface area is 166 Å². The first-order chi connectivity index (χ1) is 14.0. The highest BCUT2D eigenvalue weighted by atomic mass is 16.3. The van der Waals surface area contributed by atoms with Gasteiger partial charge in [0.05, 0.1) is 10.9 Å². The molecular formula is C21H21N5O3. The molecule has 1 aromatic carbocycles. The second-order valence-electron chi connectivity index (χ2n) is 9.12. The number of hydrogen-bond donors (Lipinski definition) is 1. The fourth-order valence-electron chi connectivity index (χ4n) is 6.50. The summed E-state index contributed by atoms with van der Waals surface area (Å²) in [5.41, 5.74) is -0.276. The Morgan fingerprint density at radius 3 is 2.72 bits per heavy atom. The van der Waals surface area contributed by atoms with Crippen LogP contribution in [0.5, 0.6) is 0 Å². The minimum atomic E-state index is -0.323. The molecule has 4 saturated carbocycles. The summed E-state index contributed by atoms with van der Waals surface area (Å²) in [6.07, 6.45) is 7.41. The van der Waals surface area contributed by atoms with Crippen molar-refractivity contribution in [1.29, 1.82) is 0 Å². The van der Waals surface area contributed by atoms with E-state index in [1.54, 1.807) is 29.1 Å². The van der Waals surface area contributed by atoms with Crippen LogP contribution in [0.25, 0.3) is 11.0 Å². The molecule has 0 spiro atoms. The van der Waals surface area contributed by atoms with Crippen LogP contribution < -0.4 is 10.7 Å². The van der Waals surface area contributed by atoms with Gasteiger partial charge in [0, 0.05) is 11.6 Å². The normalized spacial score (nSPS) is 32.6. The predicted octanol–water partition coefficient (Wildman–Crippen LogP) is 2.26. The minimum absolute atomic E-state index is 0.0670. The van der Waals surface area contributed by atoms with Crippen molar-refractivity contribution in [3.8, 4) is 0 Å². The molecule has 4 bridgehead atoms. The summed E-state index contributed by atoms with van der Waals surface area (Å²) in [5, 5.41) is 16.2. The number of fused-ring (bicyclic) bond motifs is 1. The van der Waals surface area contributed by atoms with E-state index in [-0.39, 0.29) is 28.2 Å². The van der Waals surface area contributed by atoms with Gasteiger partial charge in [-0.05, 0) is 67.7 Å². The van der Waals surface area contributed by atoms with E-state index in [1.165, 1.54) is 18.8 Å². The number of amides is 1. The average molecular weight is 391 g/mol. The van der Waals surface area contributed by atoms with Gasteiger partial charge in [0.1, 0.15) is 5.58 Å². The fourth-order valence-corrected chi connectivity index (χ4v) is 6.50. The number of para-hydroxylation sites is 1. The van der Waals surface area contributed by atoms with Crippen LogP contribution >= 0.6 is 0 Å². The van der Waals surface area contributed by atoms with Crippen LogP contribution in [0.2, 0.25) is 0 Å². The second-order valence-corrected chi connectivity index (χ2v) is 9.12. The SMILES string of the molecule is O=C(NC12C[C@H]3C[C@@H](C1)CC(n1ncnn1)(C3)C2)c1cc(=O)c2ccccc2o1. The van der Waals surface area contributed by atoms with Crippen LogP contribution in [0.4, 0.5) is 0 Å². The molecule has 2 unspecified atom stereocenters. The monoisotopic (exact) mass is 391 g/mol. The van der Waals surface area contributed by atoms with Gasteiger partial charge in [-0.2, -0.15) is 4.80 Å². The van der Waals surface area contributed by atoms with E-state index in [0.717, 1.165) is 32.1 Å². The number of tetrazole rings is 1. The lowest BCUT2D eigenvalue weighted by Gasteiger charge is -2.61. The molecule has 8 heteroatoms. The third-order valence-corrected chi connectivity index (χ3v) is 7.04. The Hall–Kier alpha value is -3.03. The molecule has 3 aromatic rings. The zero-order chi connectivity index (χ0) is 19.6. The zero-order valence-electron chi connectivity index (χ0n) is 15.9. The van der Waals surface area contributed by atoms with Gasteiger partial charge in [-0.3, -0.25) is 9.59 Å². The summed E-state index contributed by atoms with van der Waals surface area (Å²) in [4.78, 5) is 27.3. The standard InChI is InChI=1S/C21H21N5O3/c27-16-6-18(29-17-4-2-1-3-15(16)17)19(28)24-20-7-13-5-14(8-20)10-21(9-13,11-20)26-23-12-22-25-26/h1-4,6,12-14H,5,7-11H2,(H,24,28)/t13-,14+,20?,21?. The van der Waals surface area contributed by atoms with Crippen LogP contribution in [-0.2, 0) is 5.54 Å². The smallest absolute Gasteiger partial charge is 0.287 e. The summed E-state index contributed by atoms with van der Waals surface area (Å²) < 4.78 is 5.76. The van der Waals surface area contributed by atoms with Gasteiger partial charge in [0.25, 0.3) is 5.91 Å². The predicted molar refractivity (Wildman–Crippen MR) is 103 cm³/mol. The lowest BCUT2D eigenvalue weighted by molar-refractivity contribution is -0.0812. The summed E-state index contributed by atoms with van der Waals surface area (Å²) >= 11 is 0. The molecule has 148 valence electrons. The highest BCUT2D eigenvalue weighted by molar-refractivity contribution is 5.93. The van der Waals surface area contributed by atoms with Crippen molar-refractivity contribution in [3.05, 3.63) is 52.6 Å². The van der Waals surface area contributed by atoms with E-state index in [4.69, 9.17) is 4.42 Å². The fraction of sp³-hybridized carbons (Fsp3) is 0.476. The van der Waals surface area contributed by atoms with Gasteiger partial charge in [-0.1, -0.05) is 12.1 Å². The van der Waals surface area contributed by atoms with Crippen LogP contribution in [-0.4, -0.2) is 31.7 Å². The molecule has 4 fully saturated rings. The first kappa shape index (κ1) is 16.9. The Kier molecular flexibility index (Phi) is 3.34. The molecular weight excluding hydrogens is 370 g/mol. The van der Waals surface area contributed by atoms with E-state index in [1.807, 2.05) is 0 Å². The summed E-state index contributed by atoms with van der Waals surface area (Å²) in [6.45, 7) is 0. The molecule has 0 saturated heterocycles. The number of nitrogens with zero attached hydrogens (tertiary/aromatic N) is 4. The average Bonchev–Trinajstić information content (AvgIpc) is 3.22. The minimum Gasteiger partial charge on any atom is -0.451 e. The highest BCUT2D eigenvalue weighted by Crippen LogP contribution is 2.60. The van der Waals surface area contributed by atoms with Gasteiger partial charge in [-0.15, -0.1) is 10.2 Å². The highest BCUT2D eigenvalue weighted by Gasteiger charge is 2.60. The lowest BCUT2D eigenvalue weighted by Crippen LogP contribution is -2.66. The van der Waals surface area contributed by atoms with Crippen molar-refractivity contribution < 1.29 is 9.21 Å². The van der Waals surface area contributed by atoms with Gasteiger partial charge >= 0.3 is 0 Å². The number of carbonyl (C=O) groups is 1. The molecule has 8 nitrogen and oxygen atoms in total. The number of hydrogen-bond acceptors (Lipinski definition) is 6. The van der Waals surface area contributed by atoms with Gasteiger partial charge in [0.2, 0.25) is 0 Å². The summed E-state index contributed by atoms with van der Waals surface area (Å²) in [7, 11) is 0. The Balaban J connectivity index is 1.34. The van der Waals surface area contributed by atoms with E-state index in [9.17, 15) is 9.59 Å². The first-order valence-corrected chi connectivity index (χ1v) is 10.1. The van der Waals surface area contributed by atoms with Crippen LogP contribution in [0.1, 0.15) is 49.1 Å². The molecule has 7 rings (SSSR count). The number of nitrogens with one attached hydrogen (secondary N) is 1. The molecule has 0 aliphatic heterocycles. The van der Waals surface area contributed by atoms with E-state index < -0.39 is 0 Å². The summed E-state index contributed by atoms with van der Waals surface area (Å²) in [6, 6.07) is 8.29.